The van der Waals surface area contributed by atoms with E-state index in [1.54, 1.807) is 18.2 Å². The normalized spacial score (nSPS) is 11.3. The Morgan fingerprint density at radius 3 is 2.59 bits per heavy atom. The third-order valence-electron chi connectivity index (χ3n) is 4.04. The lowest BCUT2D eigenvalue weighted by atomic mass is 10.0. The molecule has 0 bridgehead atoms. The van der Waals surface area contributed by atoms with E-state index in [4.69, 9.17) is 11.6 Å². The Balaban J connectivity index is 1.88. The highest BCUT2D eigenvalue weighted by molar-refractivity contribution is 6.29. The molecule has 5 nitrogen and oxygen atoms in total. The summed E-state index contributed by atoms with van der Waals surface area (Å²) in [5.41, 5.74) is 1.97. The number of carbonyl (C=O) groups excluding carboxylic acids is 1. The zero-order valence-corrected chi connectivity index (χ0v) is 15.9. The summed E-state index contributed by atoms with van der Waals surface area (Å²) in [5.74, 6) is -0.349. The van der Waals surface area contributed by atoms with Gasteiger partial charge in [0.05, 0.1) is 11.4 Å². The quantitative estimate of drug-likeness (QED) is 0.646. The molecule has 3 aromatic rings. The average Bonchev–Trinajstić information content (AvgIpc) is 2.62. The molecule has 3 rings (SSSR count). The summed E-state index contributed by atoms with van der Waals surface area (Å²) in [4.78, 5) is 24.7. The maximum Gasteiger partial charge on any atom is 0.255 e. The zero-order chi connectivity index (χ0) is 19.6. The zero-order valence-electron chi connectivity index (χ0n) is 15.1. The highest BCUT2D eigenvalue weighted by atomic mass is 35.5. The number of nitrogens with zero attached hydrogens (tertiary/aromatic N) is 3. The lowest BCUT2D eigenvalue weighted by Crippen LogP contribution is -2.16. The van der Waals surface area contributed by atoms with Crippen molar-refractivity contribution in [3.8, 4) is 11.3 Å². The monoisotopic (exact) mass is 384 g/mol. The molecule has 0 aliphatic heterocycles. The van der Waals surface area contributed by atoms with Gasteiger partial charge in [-0.3, -0.25) is 9.78 Å². The molecule has 27 heavy (non-hydrogen) atoms. The van der Waals surface area contributed by atoms with Crippen LogP contribution in [0.3, 0.4) is 0 Å². The van der Waals surface area contributed by atoms with E-state index in [2.05, 4.69) is 20.3 Å². The Kier molecular flexibility index (Phi) is 5.19. The van der Waals surface area contributed by atoms with Crippen LogP contribution in [-0.4, -0.2) is 20.9 Å². The van der Waals surface area contributed by atoms with Gasteiger partial charge in [-0.25, -0.2) is 14.4 Å². The molecular formula is C20H18ClFN4O. The maximum absolute atomic E-state index is 14.1. The number of hydrogen-bond acceptors (Lipinski definition) is 4. The van der Waals surface area contributed by atoms with Crippen molar-refractivity contribution in [1.29, 1.82) is 0 Å². The van der Waals surface area contributed by atoms with E-state index in [-0.39, 0.29) is 11.6 Å². The van der Waals surface area contributed by atoms with Gasteiger partial charge in [-0.15, -0.1) is 0 Å². The molecule has 7 heteroatoms. The topological polar surface area (TPSA) is 67.8 Å². The number of hydrogen-bond donors (Lipinski definition) is 1. The first-order chi connectivity index (χ1) is 12.7. The van der Waals surface area contributed by atoms with Gasteiger partial charge in [0.15, 0.2) is 0 Å². The average molecular weight is 385 g/mol. The molecule has 0 fully saturated rings. The number of amides is 1. The van der Waals surface area contributed by atoms with Crippen molar-refractivity contribution in [2.75, 3.05) is 5.32 Å². The second-order valence-electron chi connectivity index (χ2n) is 6.61. The van der Waals surface area contributed by atoms with Crippen LogP contribution in [0.2, 0.25) is 5.15 Å². The molecule has 1 N–H and O–H groups in total. The molecular weight excluding hydrogens is 367 g/mol. The van der Waals surface area contributed by atoms with Gasteiger partial charge in [-0.1, -0.05) is 17.7 Å². The molecule has 0 saturated heterocycles. The van der Waals surface area contributed by atoms with E-state index in [1.807, 2.05) is 19.1 Å². The smallest absolute Gasteiger partial charge is 0.255 e. The molecule has 0 atom stereocenters. The van der Waals surface area contributed by atoms with E-state index in [1.165, 1.54) is 32.4 Å². The van der Waals surface area contributed by atoms with Crippen LogP contribution < -0.4 is 5.32 Å². The van der Waals surface area contributed by atoms with Crippen molar-refractivity contribution >= 4 is 23.2 Å². The van der Waals surface area contributed by atoms with Crippen LogP contribution in [0.15, 0.2) is 48.9 Å². The SMILES string of the molecule is Cc1ccc(NC(=O)c2ccnc(C(C)(C)F)c2)cc1-c1cc(Cl)ncn1. The second kappa shape index (κ2) is 7.40. The van der Waals surface area contributed by atoms with Crippen molar-refractivity contribution < 1.29 is 9.18 Å². The fraction of sp³-hybridized carbons (Fsp3) is 0.200. The van der Waals surface area contributed by atoms with E-state index in [0.717, 1.165) is 11.1 Å². The van der Waals surface area contributed by atoms with E-state index >= 15 is 0 Å². The van der Waals surface area contributed by atoms with Crippen LogP contribution >= 0.6 is 11.6 Å². The van der Waals surface area contributed by atoms with Crippen LogP contribution in [0.25, 0.3) is 11.3 Å². The molecule has 1 aromatic carbocycles. The third-order valence-corrected chi connectivity index (χ3v) is 4.24. The van der Waals surface area contributed by atoms with Crippen molar-refractivity contribution in [2.45, 2.75) is 26.4 Å². The highest BCUT2D eigenvalue weighted by Gasteiger charge is 2.21. The minimum Gasteiger partial charge on any atom is -0.322 e. The fourth-order valence-corrected chi connectivity index (χ4v) is 2.70. The summed E-state index contributed by atoms with van der Waals surface area (Å²) in [5, 5.41) is 3.16. The number of benzene rings is 1. The number of anilines is 1. The van der Waals surface area contributed by atoms with E-state index in [9.17, 15) is 9.18 Å². The van der Waals surface area contributed by atoms with E-state index < -0.39 is 5.67 Å². The van der Waals surface area contributed by atoms with Crippen LogP contribution in [0.1, 0.15) is 35.5 Å². The summed E-state index contributed by atoms with van der Waals surface area (Å²) in [6, 6.07) is 10.1. The number of alkyl halides is 1. The number of aryl methyl sites for hydroxylation is 1. The summed E-state index contributed by atoms with van der Waals surface area (Å²) in [6.07, 6.45) is 2.81. The van der Waals surface area contributed by atoms with Crippen LogP contribution in [0.4, 0.5) is 10.1 Å². The van der Waals surface area contributed by atoms with E-state index in [0.29, 0.717) is 22.1 Å². The predicted molar refractivity (Wildman–Crippen MR) is 104 cm³/mol. The summed E-state index contributed by atoms with van der Waals surface area (Å²) in [7, 11) is 0. The van der Waals surface area contributed by atoms with Crippen LogP contribution in [-0.2, 0) is 5.67 Å². The van der Waals surface area contributed by atoms with Gasteiger partial charge < -0.3 is 5.32 Å². The van der Waals surface area contributed by atoms with Crippen molar-refractivity contribution in [2.24, 2.45) is 0 Å². The standard InChI is InChI=1S/C20H18ClFN4O/c1-12-4-5-14(9-15(12)16-10-18(21)25-11-24-16)26-19(27)13-6-7-23-17(8-13)20(2,3)22/h4-11H,1-3H3,(H,26,27). The van der Waals surface area contributed by atoms with Crippen molar-refractivity contribution in [1.82, 2.24) is 15.0 Å². The van der Waals surface area contributed by atoms with Gasteiger partial charge in [0.2, 0.25) is 0 Å². The lowest BCUT2D eigenvalue weighted by molar-refractivity contribution is 0.102. The molecule has 2 aromatic heterocycles. The first kappa shape index (κ1) is 18.9. The minimum atomic E-state index is -1.63. The minimum absolute atomic E-state index is 0.204. The number of rotatable bonds is 4. The molecule has 0 radical (unpaired) electrons. The second-order valence-corrected chi connectivity index (χ2v) is 7.00. The highest BCUT2D eigenvalue weighted by Crippen LogP contribution is 2.27. The van der Waals surface area contributed by atoms with Gasteiger partial charge in [0.1, 0.15) is 17.1 Å². The maximum atomic E-state index is 14.1. The Hall–Kier alpha value is -2.86. The summed E-state index contributed by atoms with van der Waals surface area (Å²) >= 11 is 5.95. The summed E-state index contributed by atoms with van der Waals surface area (Å²) < 4.78 is 14.1. The van der Waals surface area contributed by atoms with Gasteiger partial charge in [-0.05, 0) is 50.6 Å². The van der Waals surface area contributed by atoms with Crippen LogP contribution in [0.5, 0.6) is 0 Å². The number of carbonyl (C=O) groups is 1. The first-order valence-corrected chi connectivity index (χ1v) is 8.67. The molecule has 0 aliphatic rings. The first-order valence-electron chi connectivity index (χ1n) is 8.29. The Bertz CT molecular complexity index is 1000. The molecule has 0 aliphatic carbocycles. The molecule has 138 valence electrons. The fourth-order valence-electron chi connectivity index (χ4n) is 2.56. The Morgan fingerprint density at radius 1 is 1.11 bits per heavy atom. The number of pyridine rings is 1. The molecule has 0 saturated carbocycles. The molecule has 2 heterocycles. The van der Waals surface area contributed by atoms with Gasteiger partial charge in [0, 0.05) is 29.1 Å². The largest absolute Gasteiger partial charge is 0.322 e. The summed E-state index contributed by atoms with van der Waals surface area (Å²) in [6.45, 7) is 4.74. The van der Waals surface area contributed by atoms with Gasteiger partial charge >= 0.3 is 0 Å². The number of nitrogens with one attached hydrogen (secondary N) is 1. The van der Waals surface area contributed by atoms with Crippen molar-refractivity contribution in [3.05, 3.63) is 70.9 Å². The van der Waals surface area contributed by atoms with Gasteiger partial charge in [-0.2, -0.15) is 0 Å². The van der Waals surface area contributed by atoms with Gasteiger partial charge in [0.25, 0.3) is 5.91 Å². The third kappa shape index (κ3) is 4.46. The lowest BCUT2D eigenvalue weighted by Gasteiger charge is -2.14. The predicted octanol–water partition coefficient (Wildman–Crippen LogP) is 4.96. The molecule has 1 amide bonds. The van der Waals surface area contributed by atoms with Crippen LogP contribution in [0, 0.1) is 6.92 Å². The Labute approximate surface area is 161 Å². The van der Waals surface area contributed by atoms with Crippen molar-refractivity contribution in [3.63, 3.8) is 0 Å². The Morgan fingerprint density at radius 2 is 1.89 bits per heavy atom. The molecule has 0 spiro atoms. The number of aromatic nitrogens is 3. The number of halogens is 2. The molecule has 0 unspecified atom stereocenters.